The molecular weight excluding hydrogens is 342 g/mol. The normalized spacial score (nSPS) is 10.1. The number of H-pyrrole nitrogens is 1. The van der Waals surface area contributed by atoms with Crippen LogP contribution in [0.3, 0.4) is 0 Å². The summed E-state index contributed by atoms with van der Waals surface area (Å²) in [6, 6.07) is 7.35. The van der Waals surface area contributed by atoms with E-state index in [0.717, 1.165) is 11.0 Å². The average Bonchev–Trinajstić information content (AvgIpc) is 2.67. The number of imidazole rings is 1. The summed E-state index contributed by atoms with van der Waals surface area (Å²) in [5, 5.41) is 2.54. The van der Waals surface area contributed by atoms with Crippen molar-refractivity contribution in [2.75, 3.05) is 11.6 Å². The van der Waals surface area contributed by atoms with Crippen molar-refractivity contribution in [2.24, 2.45) is 0 Å². The Hall–Kier alpha value is 0.790. The Labute approximate surface area is 165 Å². The van der Waals surface area contributed by atoms with Gasteiger partial charge in [0.1, 0.15) is 6.29 Å². The number of para-hydroxylation sites is 2. The predicted octanol–water partition coefficient (Wildman–Crippen LogP) is -0.826. The minimum absolute atomic E-state index is 0. The molecule has 0 spiro atoms. The number of benzene rings is 1. The monoisotopic (exact) mass is 357 g/mol. The Kier molecular flexibility index (Phi) is 13.0. The molecule has 0 atom stereocenters. The van der Waals surface area contributed by atoms with Crippen molar-refractivity contribution in [1.29, 1.82) is 0 Å². The Bertz CT molecular complexity index is 582. The zero-order valence-corrected chi connectivity index (χ0v) is 11.4. The molecule has 9 nitrogen and oxygen atoms in total. The molecule has 21 heavy (non-hydrogen) atoms. The molecule has 0 unspecified atom stereocenters. The van der Waals surface area contributed by atoms with E-state index in [1.807, 2.05) is 24.3 Å². The van der Waals surface area contributed by atoms with E-state index in [9.17, 15) is 4.57 Å². The predicted molar refractivity (Wildman–Crippen MR) is 84.4 cm³/mol. The summed E-state index contributed by atoms with van der Waals surface area (Å²) >= 11 is 0. The number of hydrogen-bond acceptors (Lipinski definition) is 4. The number of anilines is 1. The quantitative estimate of drug-likeness (QED) is 0.307. The molecule has 2 rings (SSSR count). The molecule has 110 valence electrons. The standard InChI is InChI=1S/C8H10N3O3P.2Na.H3O3P.2H/c12-15(13,14)5-9-8-10-6-3-1-2-4-7(6)11-8;;;1-4(2)3;;/h1-4H,5H2,(H2,9,10,11)(H2,12,13,14);;;4H,(H2,1,2,3);;. The van der Waals surface area contributed by atoms with E-state index in [1.165, 1.54) is 0 Å². The second-order valence-corrected chi connectivity index (χ2v) is 5.60. The zero-order chi connectivity index (χ0) is 14.5. The maximum atomic E-state index is 10.6. The van der Waals surface area contributed by atoms with Gasteiger partial charge in [0.15, 0.2) is 0 Å². The van der Waals surface area contributed by atoms with Gasteiger partial charge in [-0.05, 0) is 12.1 Å². The molecule has 0 amide bonds. The van der Waals surface area contributed by atoms with Gasteiger partial charge in [-0.15, -0.1) is 0 Å². The molecule has 0 aliphatic carbocycles. The van der Waals surface area contributed by atoms with Gasteiger partial charge >= 0.3 is 75.0 Å². The SMILES string of the molecule is O=P(O)(O)CNc1nc2ccccc2[nH]1.O=[PH](O)O.[NaH].[NaH]. The molecule has 0 saturated heterocycles. The summed E-state index contributed by atoms with van der Waals surface area (Å²) in [5.41, 5.74) is 1.58. The molecule has 0 radical (unpaired) electrons. The second kappa shape index (κ2) is 11.3. The Morgan fingerprint density at radius 1 is 1.24 bits per heavy atom. The van der Waals surface area contributed by atoms with Gasteiger partial charge in [-0.2, -0.15) is 0 Å². The van der Waals surface area contributed by atoms with Crippen LogP contribution in [0.4, 0.5) is 5.95 Å². The number of hydrogen-bond donors (Lipinski definition) is 6. The first-order valence-electron chi connectivity index (χ1n) is 4.93. The Morgan fingerprint density at radius 2 is 1.76 bits per heavy atom. The van der Waals surface area contributed by atoms with Crippen molar-refractivity contribution in [3.05, 3.63) is 24.3 Å². The fourth-order valence-corrected chi connectivity index (χ4v) is 1.57. The molecule has 0 aliphatic rings. The van der Waals surface area contributed by atoms with Crippen LogP contribution in [0.1, 0.15) is 0 Å². The van der Waals surface area contributed by atoms with Crippen molar-refractivity contribution < 1.29 is 28.7 Å². The van der Waals surface area contributed by atoms with Crippen molar-refractivity contribution in [2.45, 2.75) is 0 Å². The first-order chi connectivity index (χ1) is 8.78. The van der Waals surface area contributed by atoms with Crippen LogP contribution in [-0.2, 0) is 9.13 Å². The van der Waals surface area contributed by atoms with E-state index < -0.39 is 22.1 Å². The Balaban J connectivity index is 0. The summed E-state index contributed by atoms with van der Waals surface area (Å²) in [5.74, 6) is 0.361. The third-order valence-electron chi connectivity index (χ3n) is 1.84. The first kappa shape index (κ1) is 24.0. The van der Waals surface area contributed by atoms with Crippen LogP contribution in [0.2, 0.25) is 0 Å². The van der Waals surface area contributed by atoms with Crippen molar-refractivity contribution >= 4 is 91.9 Å². The molecule has 0 bridgehead atoms. The van der Waals surface area contributed by atoms with Gasteiger partial charge < -0.3 is 29.9 Å². The van der Waals surface area contributed by atoms with Gasteiger partial charge in [0.05, 0.1) is 11.0 Å². The fraction of sp³-hybridized carbons (Fsp3) is 0.125. The molecule has 1 heterocycles. The number of nitrogens with one attached hydrogen (secondary N) is 2. The molecule has 1 aromatic heterocycles. The van der Waals surface area contributed by atoms with Crippen LogP contribution in [0.25, 0.3) is 11.0 Å². The summed E-state index contributed by atoms with van der Waals surface area (Å²) in [6.07, 6.45) is -0.424. The maximum absolute atomic E-state index is 10.6. The molecule has 0 fully saturated rings. The first-order valence-corrected chi connectivity index (χ1v) is 8.03. The zero-order valence-electron chi connectivity index (χ0n) is 9.52. The fourth-order valence-electron chi connectivity index (χ4n) is 1.21. The van der Waals surface area contributed by atoms with E-state index in [2.05, 4.69) is 15.3 Å². The average molecular weight is 357 g/mol. The number of aromatic amines is 1. The number of rotatable bonds is 3. The van der Waals surface area contributed by atoms with E-state index >= 15 is 0 Å². The van der Waals surface area contributed by atoms with Crippen LogP contribution in [0.15, 0.2) is 24.3 Å². The van der Waals surface area contributed by atoms with Crippen molar-refractivity contribution in [3.8, 4) is 0 Å². The van der Waals surface area contributed by atoms with Crippen LogP contribution in [-0.4, -0.2) is 94.9 Å². The van der Waals surface area contributed by atoms with E-state index in [0.29, 0.717) is 5.95 Å². The van der Waals surface area contributed by atoms with Gasteiger partial charge in [0.2, 0.25) is 5.95 Å². The van der Waals surface area contributed by atoms with E-state index in [-0.39, 0.29) is 59.1 Å². The molecule has 13 heteroatoms. The molecule has 1 aromatic carbocycles. The second-order valence-electron chi connectivity index (χ2n) is 3.38. The van der Waals surface area contributed by atoms with Crippen LogP contribution in [0.5, 0.6) is 0 Å². The van der Waals surface area contributed by atoms with Gasteiger partial charge in [-0.25, -0.2) is 4.98 Å². The third kappa shape index (κ3) is 11.0. The summed E-state index contributed by atoms with van der Waals surface area (Å²) in [4.78, 5) is 38.6. The minimum atomic E-state index is -4.05. The number of aromatic nitrogens is 2. The summed E-state index contributed by atoms with van der Waals surface area (Å²) in [7, 11) is -7.18. The van der Waals surface area contributed by atoms with Crippen molar-refractivity contribution in [1.82, 2.24) is 9.97 Å². The van der Waals surface area contributed by atoms with E-state index in [4.69, 9.17) is 24.1 Å². The van der Waals surface area contributed by atoms with Gasteiger partial charge in [-0.3, -0.25) is 9.13 Å². The van der Waals surface area contributed by atoms with Crippen LogP contribution < -0.4 is 5.32 Å². The molecule has 0 saturated carbocycles. The number of nitrogens with zero attached hydrogens (tertiary/aromatic N) is 1. The van der Waals surface area contributed by atoms with Crippen LogP contribution in [0, 0.1) is 0 Å². The Morgan fingerprint density at radius 3 is 2.24 bits per heavy atom. The third-order valence-corrected chi connectivity index (χ3v) is 2.41. The van der Waals surface area contributed by atoms with Gasteiger partial charge in [0.25, 0.3) is 0 Å². The van der Waals surface area contributed by atoms with Gasteiger partial charge in [0, 0.05) is 0 Å². The van der Waals surface area contributed by atoms with E-state index in [1.54, 1.807) is 0 Å². The summed E-state index contributed by atoms with van der Waals surface area (Å²) in [6.45, 7) is 0. The summed E-state index contributed by atoms with van der Waals surface area (Å²) < 4.78 is 19.4. The molecular formula is C8H15N3Na2O6P2. The van der Waals surface area contributed by atoms with Crippen LogP contribution >= 0.6 is 15.9 Å². The van der Waals surface area contributed by atoms with Crippen molar-refractivity contribution in [3.63, 3.8) is 0 Å². The molecule has 2 aromatic rings. The topological polar surface area (TPSA) is 156 Å². The molecule has 0 aliphatic heterocycles. The van der Waals surface area contributed by atoms with Gasteiger partial charge in [-0.1, -0.05) is 12.1 Å². The molecule has 6 N–H and O–H groups in total. The number of fused-ring (bicyclic) bond motifs is 1.